The Bertz CT molecular complexity index is 717. The lowest BCUT2D eigenvalue weighted by Gasteiger charge is -2.59. The molecule has 0 aromatic rings. The molecule has 0 heterocycles. The van der Waals surface area contributed by atoms with Gasteiger partial charge in [-0.3, -0.25) is 9.59 Å². The highest BCUT2D eigenvalue weighted by molar-refractivity contribution is 6.21. The first kappa shape index (κ1) is 18.0. The molecule has 0 saturated heterocycles. The molecule has 25 heavy (non-hydrogen) atoms. The van der Waals surface area contributed by atoms with E-state index in [0.29, 0.717) is 18.3 Å². The summed E-state index contributed by atoms with van der Waals surface area (Å²) in [7, 11) is 0. The number of nitrogens with two attached hydrogens (primary N) is 1. The van der Waals surface area contributed by atoms with Gasteiger partial charge in [-0.1, -0.05) is 32.9 Å². The average Bonchev–Trinajstić information content (AvgIpc) is 2.56. The highest BCUT2D eigenvalue weighted by Gasteiger charge is 2.54. The number of ketones is 2. The van der Waals surface area contributed by atoms with Gasteiger partial charge in [-0.15, -0.1) is 0 Å². The summed E-state index contributed by atoms with van der Waals surface area (Å²) in [4.78, 5) is 24.5. The van der Waals surface area contributed by atoms with Crippen molar-refractivity contribution in [1.29, 1.82) is 0 Å². The zero-order chi connectivity index (χ0) is 18.6. The molecule has 0 amide bonds. The summed E-state index contributed by atoms with van der Waals surface area (Å²) in [6.07, 6.45) is 6.88. The molecule has 2 fully saturated rings. The van der Waals surface area contributed by atoms with Crippen molar-refractivity contribution in [3.8, 4) is 0 Å². The van der Waals surface area contributed by atoms with Crippen molar-refractivity contribution in [2.24, 2.45) is 28.4 Å². The predicted molar refractivity (Wildman–Crippen MR) is 97.6 cm³/mol. The lowest BCUT2D eigenvalue weighted by atomic mass is 9.46. The lowest BCUT2D eigenvalue weighted by molar-refractivity contribution is -0.118. The van der Waals surface area contributed by atoms with E-state index < -0.39 is 17.3 Å². The van der Waals surface area contributed by atoms with Gasteiger partial charge < -0.3 is 10.8 Å². The molecule has 0 bridgehead atoms. The first-order chi connectivity index (χ1) is 11.6. The van der Waals surface area contributed by atoms with Crippen LogP contribution in [0, 0.1) is 22.7 Å². The third-order valence-corrected chi connectivity index (χ3v) is 7.47. The second kappa shape index (κ2) is 5.86. The number of Topliss-reactive ketones (excluding diaryl/α,β-unsaturated/α-hetero) is 1. The van der Waals surface area contributed by atoms with Crippen LogP contribution in [-0.2, 0) is 9.59 Å². The van der Waals surface area contributed by atoms with E-state index in [1.807, 2.05) is 0 Å². The number of fused-ring (bicyclic) bond motifs is 1. The number of hydrogen-bond donors (Lipinski definition) is 2. The molecular formula is C21H29NO3. The third-order valence-electron chi connectivity index (χ3n) is 7.47. The van der Waals surface area contributed by atoms with Crippen molar-refractivity contribution < 1.29 is 14.7 Å². The Morgan fingerprint density at radius 2 is 2.00 bits per heavy atom. The summed E-state index contributed by atoms with van der Waals surface area (Å²) < 4.78 is 0. The van der Waals surface area contributed by atoms with Gasteiger partial charge in [-0.2, -0.15) is 0 Å². The molecule has 3 aliphatic rings. The van der Waals surface area contributed by atoms with Crippen LogP contribution in [0.5, 0.6) is 0 Å². The molecule has 0 aromatic heterocycles. The Morgan fingerprint density at radius 3 is 2.68 bits per heavy atom. The lowest BCUT2D eigenvalue weighted by Crippen LogP contribution is -2.51. The largest absolute Gasteiger partial charge is 0.504 e. The van der Waals surface area contributed by atoms with Gasteiger partial charge in [-0.05, 0) is 61.2 Å². The van der Waals surface area contributed by atoms with E-state index in [0.717, 1.165) is 38.2 Å². The summed E-state index contributed by atoms with van der Waals surface area (Å²) >= 11 is 0. The Balaban J connectivity index is 2.02. The van der Waals surface area contributed by atoms with Crippen LogP contribution in [0.4, 0.5) is 0 Å². The van der Waals surface area contributed by atoms with E-state index in [-0.39, 0.29) is 22.1 Å². The van der Waals surface area contributed by atoms with Crippen LogP contribution in [0.15, 0.2) is 35.3 Å². The van der Waals surface area contributed by atoms with Gasteiger partial charge in [0.15, 0.2) is 5.76 Å². The Morgan fingerprint density at radius 1 is 1.32 bits per heavy atom. The minimum absolute atomic E-state index is 0.0683. The van der Waals surface area contributed by atoms with Crippen LogP contribution in [0.25, 0.3) is 0 Å². The van der Waals surface area contributed by atoms with E-state index in [9.17, 15) is 14.7 Å². The van der Waals surface area contributed by atoms with Crippen molar-refractivity contribution in [2.75, 3.05) is 0 Å². The van der Waals surface area contributed by atoms with Crippen LogP contribution < -0.4 is 5.73 Å². The number of aliphatic hydroxyl groups excluding tert-OH is 1. The van der Waals surface area contributed by atoms with Gasteiger partial charge in [0.05, 0.1) is 5.70 Å². The molecule has 4 heteroatoms. The first-order valence-electron chi connectivity index (χ1n) is 9.28. The normalized spacial score (nSPS) is 39.3. The second-order valence-electron chi connectivity index (χ2n) is 8.71. The van der Waals surface area contributed by atoms with Gasteiger partial charge in [0.2, 0.25) is 11.6 Å². The van der Waals surface area contributed by atoms with E-state index in [2.05, 4.69) is 27.4 Å². The number of hydrogen-bond acceptors (Lipinski definition) is 4. The number of carbonyl (C=O) groups excluding carboxylic acids is 2. The third kappa shape index (κ3) is 2.57. The molecule has 4 nitrogen and oxygen atoms in total. The fourth-order valence-electron chi connectivity index (χ4n) is 5.52. The molecule has 4 unspecified atom stereocenters. The van der Waals surface area contributed by atoms with E-state index in [1.54, 1.807) is 0 Å². The SMILES string of the molecule is C=C1CCCC2C1(C)CCC(C)C2(C)CC1=C(O)C(=O)C=C(N)C1=O. The molecule has 0 aromatic carbocycles. The van der Waals surface area contributed by atoms with Crippen molar-refractivity contribution in [3.05, 3.63) is 35.3 Å². The number of allylic oxidation sites excluding steroid dienone is 3. The number of carbonyl (C=O) groups is 2. The maximum atomic E-state index is 12.5. The quantitative estimate of drug-likeness (QED) is 0.587. The molecule has 3 N–H and O–H groups in total. The molecular weight excluding hydrogens is 314 g/mol. The van der Waals surface area contributed by atoms with Gasteiger partial charge in [0.1, 0.15) is 0 Å². The molecule has 4 atom stereocenters. The standard InChI is InChI=1S/C21H29NO3/c1-12-6-5-7-17-20(12,3)9-8-13(2)21(17,4)11-14-18(24)15(22)10-16(23)19(14)25/h10,13,17,25H,1,5-9,11,22H2,2-4H3. The first-order valence-corrected chi connectivity index (χ1v) is 9.28. The fourth-order valence-corrected chi connectivity index (χ4v) is 5.52. The number of rotatable bonds is 2. The Hall–Kier alpha value is -1.84. The molecule has 0 radical (unpaired) electrons. The Kier molecular flexibility index (Phi) is 4.21. The van der Waals surface area contributed by atoms with E-state index in [1.165, 1.54) is 5.57 Å². The summed E-state index contributed by atoms with van der Waals surface area (Å²) in [5, 5.41) is 10.3. The predicted octanol–water partition coefficient (Wildman–Crippen LogP) is 3.98. The molecule has 0 aliphatic heterocycles. The monoisotopic (exact) mass is 343 g/mol. The fraction of sp³-hybridized carbons (Fsp3) is 0.619. The zero-order valence-electron chi connectivity index (χ0n) is 15.5. The zero-order valence-corrected chi connectivity index (χ0v) is 15.5. The van der Waals surface area contributed by atoms with Crippen molar-refractivity contribution in [3.63, 3.8) is 0 Å². The van der Waals surface area contributed by atoms with Crippen LogP contribution in [0.1, 0.15) is 59.3 Å². The molecule has 136 valence electrons. The van der Waals surface area contributed by atoms with E-state index in [4.69, 9.17) is 5.73 Å². The van der Waals surface area contributed by atoms with Crippen LogP contribution >= 0.6 is 0 Å². The Labute approximate surface area is 149 Å². The van der Waals surface area contributed by atoms with Crippen molar-refractivity contribution in [1.82, 2.24) is 0 Å². The summed E-state index contributed by atoms with van der Waals surface area (Å²) in [6, 6.07) is 0. The molecule has 0 spiro atoms. The number of aliphatic hydroxyl groups is 1. The summed E-state index contributed by atoms with van der Waals surface area (Å²) in [6.45, 7) is 11.1. The van der Waals surface area contributed by atoms with Crippen LogP contribution in [0.3, 0.4) is 0 Å². The average molecular weight is 343 g/mol. The topological polar surface area (TPSA) is 80.4 Å². The summed E-state index contributed by atoms with van der Waals surface area (Å²) in [5.74, 6) is -0.593. The van der Waals surface area contributed by atoms with Crippen molar-refractivity contribution in [2.45, 2.75) is 59.3 Å². The van der Waals surface area contributed by atoms with Gasteiger partial charge in [0.25, 0.3) is 0 Å². The maximum absolute atomic E-state index is 12.5. The highest BCUT2D eigenvalue weighted by Crippen LogP contribution is 2.63. The van der Waals surface area contributed by atoms with Crippen LogP contribution in [0.2, 0.25) is 0 Å². The van der Waals surface area contributed by atoms with Gasteiger partial charge in [0, 0.05) is 11.6 Å². The second-order valence-corrected chi connectivity index (χ2v) is 8.71. The highest BCUT2D eigenvalue weighted by atomic mass is 16.3. The smallest absolute Gasteiger partial charge is 0.222 e. The van der Waals surface area contributed by atoms with Gasteiger partial charge in [-0.25, -0.2) is 0 Å². The molecule has 2 saturated carbocycles. The van der Waals surface area contributed by atoms with E-state index >= 15 is 0 Å². The summed E-state index contributed by atoms with van der Waals surface area (Å²) in [5.41, 5.74) is 7.05. The van der Waals surface area contributed by atoms with Gasteiger partial charge >= 0.3 is 0 Å². The minimum Gasteiger partial charge on any atom is -0.504 e. The van der Waals surface area contributed by atoms with Crippen molar-refractivity contribution >= 4 is 11.6 Å². The maximum Gasteiger partial charge on any atom is 0.222 e. The minimum atomic E-state index is -0.560. The molecule has 3 rings (SSSR count). The van der Waals surface area contributed by atoms with Crippen LogP contribution in [-0.4, -0.2) is 16.7 Å². The molecule has 3 aliphatic carbocycles.